The summed E-state index contributed by atoms with van der Waals surface area (Å²) in [6, 6.07) is 6.25. The number of carbonyl (C=O) groups is 3. The lowest BCUT2D eigenvalue weighted by Gasteiger charge is -2.06. The molecule has 0 unspecified atom stereocenters. The first-order chi connectivity index (χ1) is 7.52. The molecule has 84 valence electrons. The van der Waals surface area contributed by atoms with Crippen LogP contribution in [0.3, 0.4) is 0 Å². The van der Waals surface area contributed by atoms with Crippen LogP contribution in [-0.2, 0) is 9.59 Å². The van der Waals surface area contributed by atoms with E-state index in [1.54, 1.807) is 12.1 Å². The molecule has 0 aliphatic heterocycles. The highest BCUT2D eigenvalue weighted by Crippen LogP contribution is 2.13. The minimum absolute atomic E-state index is 0.175. The molecular formula is C9H8ClN3O3. The summed E-state index contributed by atoms with van der Waals surface area (Å²) in [7, 11) is 0. The number of benzene rings is 1. The van der Waals surface area contributed by atoms with Crippen LogP contribution in [0.25, 0.3) is 0 Å². The fourth-order valence-corrected chi connectivity index (χ4v) is 1.11. The van der Waals surface area contributed by atoms with E-state index in [1.165, 1.54) is 12.1 Å². The third-order valence-electron chi connectivity index (χ3n) is 1.63. The van der Waals surface area contributed by atoms with Crippen LogP contribution in [0.1, 0.15) is 10.4 Å². The highest BCUT2D eigenvalue weighted by atomic mass is 35.5. The van der Waals surface area contributed by atoms with E-state index in [-0.39, 0.29) is 10.6 Å². The molecule has 0 spiro atoms. The number of rotatable bonds is 1. The zero-order chi connectivity index (χ0) is 12.1. The van der Waals surface area contributed by atoms with Gasteiger partial charge in [-0.2, -0.15) is 0 Å². The summed E-state index contributed by atoms with van der Waals surface area (Å²) < 4.78 is 0. The van der Waals surface area contributed by atoms with Crippen LogP contribution in [-0.4, -0.2) is 17.7 Å². The fraction of sp³-hybridized carbons (Fsp3) is 0. The van der Waals surface area contributed by atoms with E-state index in [1.807, 2.05) is 10.9 Å². The van der Waals surface area contributed by atoms with Crippen LogP contribution in [0.2, 0.25) is 5.02 Å². The number of hydrazine groups is 1. The van der Waals surface area contributed by atoms with Gasteiger partial charge in [0, 0.05) is 0 Å². The Bertz CT molecular complexity index is 447. The van der Waals surface area contributed by atoms with Gasteiger partial charge in [-0.25, -0.2) is 0 Å². The van der Waals surface area contributed by atoms with Crippen LogP contribution in [0.4, 0.5) is 0 Å². The summed E-state index contributed by atoms with van der Waals surface area (Å²) in [6.07, 6.45) is 0. The first-order valence-corrected chi connectivity index (χ1v) is 4.55. The van der Waals surface area contributed by atoms with Gasteiger partial charge in [0.15, 0.2) is 0 Å². The second-order valence-corrected chi connectivity index (χ2v) is 3.16. The summed E-state index contributed by atoms with van der Waals surface area (Å²) in [5.41, 5.74) is 8.67. The lowest BCUT2D eigenvalue weighted by Crippen LogP contribution is -2.47. The number of carbonyl (C=O) groups excluding carboxylic acids is 3. The van der Waals surface area contributed by atoms with Crippen molar-refractivity contribution in [1.82, 2.24) is 10.9 Å². The molecule has 7 heteroatoms. The van der Waals surface area contributed by atoms with Crippen LogP contribution in [0.15, 0.2) is 24.3 Å². The predicted molar refractivity (Wildman–Crippen MR) is 56.3 cm³/mol. The Labute approximate surface area is 95.7 Å². The molecule has 0 aliphatic rings. The van der Waals surface area contributed by atoms with Gasteiger partial charge in [0.05, 0.1) is 10.6 Å². The molecule has 6 nitrogen and oxygen atoms in total. The van der Waals surface area contributed by atoms with E-state index in [9.17, 15) is 14.4 Å². The van der Waals surface area contributed by atoms with E-state index >= 15 is 0 Å². The van der Waals surface area contributed by atoms with Crippen molar-refractivity contribution in [1.29, 1.82) is 0 Å². The van der Waals surface area contributed by atoms with Gasteiger partial charge in [-0.3, -0.25) is 25.2 Å². The number of halogens is 1. The highest BCUT2D eigenvalue weighted by molar-refractivity contribution is 6.35. The van der Waals surface area contributed by atoms with E-state index < -0.39 is 17.7 Å². The molecule has 0 aliphatic carbocycles. The number of primary amides is 1. The molecule has 0 heterocycles. The minimum atomic E-state index is -1.19. The molecule has 0 bridgehead atoms. The van der Waals surface area contributed by atoms with Crippen molar-refractivity contribution < 1.29 is 14.4 Å². The Morgan fingerprint density at radius 2 is 1.75 bits per heavy atom. The van der Waals surface area contributed by atoms with Crippen molar-refractivity contribution in [3.05, 3.63) is 34.9 Å². The molecule has 1 rings (SSSR count). The zero-order valence-corrected chi connectivity index (χ0v) is 8.75. The van der Waals surface area contributed by atoms with Gasteiger partial charge in [0.2, 0.25) is 0 Å². The quantitative estimate of drug-likeness (QED) is 0.460. The molecule has 16 heavy (non-hydrogen) atoms. The molecule has 1 aromatic rings. The van der Waals surface area contributed by atoms with Crippen LogP contribution < -0.4 is 16.6 Å². The van der Waals surface area contributed by atoms with E-state index in [0.29, 0.717) is 0 Å². The minimum Gasteiger partial charge on any atom is -0.361 e. The molecular weight excluding hydrogens is 234 g/mol. The Hall–Kier alpha value is -2.08. The smallest absolute Gasteiger partial charge is 0.327 e. The zero-order valence-electron chi connectivity index (χ0n) is 7.99. The molecule has 0 saturated heterocycles. The van der Waals surface area contributed by atoms with Gasteiger partial charge in [0.1, 0.15) is 0 Å². The van der Waals surface area contributed by atoms with Crippen molar-refractivity contribution >= 4 is 29.3 Å². The SMILES string of the molecule is NC(=O)C(=O)NNC(=O)c1ccccc1Cl. The Morgan fingerprint density at radius 1 is 1.12 bits per heavy atom. The molecule has 0 fully saturated rings. The summed E-state index contributed by atoms with van der Waals surface area (Å²) in [4.78, 5) is 32.5. The topological polar surface area (TPSA) is 101 Å². The highest BCUT2D eigenvalue weighted by Gasteiger charge is 2.12. The van der Waals surface area contributed by atoms with E-state index in [0.717, 1.165) is 0 Å². The van der Waals surface area contributed by atoms with Crippen molar-refractivity contribution in [2.24, 2.45) is 5.73 Å². The van der Waals surface area contributed by atoms with Gasteiger partial charge in [-0.15, -0.1) is 0 Å². The maximum absolute atomic E-state index is 11.4. The van der Waals surface area contributed by atoms with Gasteiger partial charge >= 0.3 is 11.8 Å². The van der Waals surface area contributed by atoms with Gasteiger partial charge in [-0.1, -0.05) is 23.7 Å². The number of nitrogens with two attached hydrogens (primary N) is 1. The lowest BCUT2D eigenvalue weighted by atomic mass is 10.2. The van der Waals surface area contributed by atoms with Crippen molar-refractivity contribution in [3.63, 3.8) is 0 Å². The van der Waals surface area contributed by atoms with Crippen LogP contribution in [0, 0.1) is 0 Å². The number of hydrogen-bond donors (Lipinski definition) is 3. The molecule has 0 atom stereocenters. The first kappa shape index (κ1) is 12.0. The van der Waals surface area contributed by atoms with Crippen molar-refractivity contribution in [2.75, 3.05) is 0 Å². The van der Waals surface area contributed by atoms with Gasteiger partial charge in [0.25, 0.3) is 5.91 Å². The molecule has 1 aromatic carbocycles. The normalized spacial score (nSPS) is 9.31. The van der Waals surface area contributed by atoms with E-state index in [4.69, 9.17) is 11.6 Å². The third kappa shape index (κ3) is 2.96. The number of amides is 3. The molecule has 0 saturated carbocycles. The Morgan fingerprint density at radius 3 is 2.31 bits per heavy atom. The molecule has 0 aromatic heterocycles. The summed E-state index contributed by atoms with van der Waals surface area (Å²) in [5, 5.41) is 0.230. The van der Waals surface area contributed by atoms with Gasteiger partial charge in [-0.05, 0) is 12.1 Å². The molecule has 4 N–H and O–H groups in total. The predicted octanol–water partition coefficient (Wildman–Crippen LogP) is -0.414. The van der Waals surface area contributed by atoms with Crippen molar-refractivity contribution in [3.8, 4) is 0 Å². The average Bonchev–Trinajstić information content (AvgIpc) is 2.25. The standard InChI is InChI=1S/C9H8ClN3O3/c10-6-4-2-1-3-5(6)8(15)12-13-9(16)7(11)14/h1-4H,(H2,11,14)(H,12,15)(H,13,16). The van der Waals surface area contributed by atoms with E-state index in [2.05, 4.69) is 5.73 Å². The maximum atomic E-state index is 11.4. The monoisotopic (exact) mass is 241 g/mol. The van der Waals surface area contributed by atoms with Crippen LogP contribution in [0.5, 0.6) is 0 Å². The second kappa shape index (κ2) is 5.13. The Balaban J connectivity index is 2.64. The average molecular weight is 242 g/mol. The Kier molecular flexibility index (Phi) is 3.84. The fourth-order valence-electron chi connectivity index (χ4n) is 0.888. The second-order valence-electron chi connectivity index (χ2n) is 2.75. The number of nitrogens with one attached hydrogen (secondary N) is 2. The summed E-state index contributed by atoms with van der Waals surface area (Å²) >= 11 is 5.73. The van der Waals surface area contributed by atoms with Crippen molar-refractivity contribution in [2.45, 2.75) is 0 Å². The molecule has 0 radical (unpaired) electrons. The third-order valence-corrected chi connectivity index (χ3v) is 1.96. The van der Waals surface area contributed by atoms with Crippen LogP contribution >= 0.6 is 11.6 Å². The van der Waals surface area contributed by atoms with Gasteiger partial charge < -0.3 is 5.73 Å². The maximum Gasteiger partial charge on any atom is 0.327 e. The summed E-state index contributed by atoms with van der Waals surface area (Å²) in [5.74, 6) is -2.94. The summed E-state index contributed by atoms with van der Waals surface area (Å²) in [6.45, 7) is 0. The lowest BCUT2D eigenvalue weighted by molar-refractivity contribution is -0.137. The first-order valence-electron chi connectivity index (χ1n) is 4.17. The largest absolute Gasteiger partial charge is 0.361 e. The molecule has 3 amide bonds. The number of hydrogen-bond acceptors (Lipinski definition) is 3.